The predicted octanol–water partition coefficient (Wildman–Crippen LogP) is 6.42. The van der Waals surface area contributed by atoms with Gasteiger partial charge in [0.2, 0.25) is 0 Å². The van der Waals surface area contributed by atoms with Gasteiger partial charge in [0.15, 0.2) is 5.60 Å². The minimum Gasteiger partial charge on any atom is -0.379 e. The molecule has 1 atom stereocenters. The van der Waals surface area contributed by atoms with Crippen molar-refractivity contribution >= 4 is 46.4 Å². The van der Waals surface area contributed by atoms with Gasteiger partial charge in [-0.25, -0.2) is 17.6 Å². The van der Waals surface area contributed by atoms with Crippen LogP contribution >= 0.6 is 23.2 Å². The van der Waals surface area contributed by atoms with Crippen LogP contribution in [0.3, 0.4) is 0 Å². The molecule has 0 saturated carbocycles. The topological polar surface area (TPSA) is 69.6 Å². The number of amides is 2. The van der Waals surface area contributed by atoms with Crippen LogP contribution in [-0.4, -0.2) is 29.4 Å². The molecule has 0 aromatic heterocycles. The summed E-state index contributed by atoms with van der Waals surface area (Å²) in [4.78, 5) is 26.7. The fourth-order valence-corrected chi connectivity index (χ4v) is 4.38. The number of rotatable bonds is 3. The number of anilines is 2. The van der Waals surface area contributed by atoms with Gasteiger partial charge in [0.05, 0.1) is 22.0 Å². The van der Waals surface area contributed by atoms with Gasteiger partial charge in [0, 0.05) is 29.1 Å². The number of alkyl halides is 2. The molecule has 0 aliphatic carbocycles. The maximum Gasteiger partial charge on any atom is 0.281 e. The van der Waals surface area contributed by atoms with Crippen molar-refractivity contribution in [1.82, 2.24) is 0 Å². The summed E-state index contributed by atoms with van der Waals surface area (Å²) < 4.78 is 58.4. The Morgan fingerprint density at radius 2 is 1.75 bits per heavy atom. The zero-order valence-electron chi connectivity index (χ0n) is 18.6. The number of hydrogen-bond donors (Lipinski definition) is 2. The molecule has 1 aliphatic rings. The second-order valence-electron chi connectivity index (χ2n) is 8.39. The third-order valence-electron chi connectivity index (χ3n) is 6.03. The molecule has 3 aromatic rings. The number of nitrogens with one attached hydrogen (secondary N) is 1. The van der Waals surface area contributed by atoms with Crippen molar-refractivity contribution in [2.75, 3.05) is 16.8 Å². The number of hydrogen-bond acceptors (Lipinski definition) is 3. The van der Waals surface area contributed by atoms with Crippen molar-refractivity contribution in [3.63, 3.8) is 0 Å². The van der Waals surface area contributed by atoms with E-state index >= 15 is 0 Å². The molecule has 36 heavy (non-hydrogen) atoms. The minimum atomic E-state index is -3.59. The Hall–Kier alpha value is -3.14. The largest absolute Gasteiger partial charge is 0.379 e. The summed E-state index contributed by atoms with van der Waals surface area (Å²) in [6.07, 6.45) is -0.863. The summed E-state index contributed by atoms with van der Waals surface area (Å²) in [6.45, 7) is 0.470. The van der Waals surface area contributed by atoms with Gasteiger partial charge in [0.1, 0.15) is 11.6 Å². The van der Waals surface area contributed by atoms with Crippen LogP contribution in [-0.2, 0) is 5.60 Å². The maximum atomic E-state index is 14.8. The first-order valence-electron chi connectivity index (χ1n) is 10.6. The lowest BCUT2D eigenvalue weighted by Gasteiger charge is -2.32. The van der Waals surface area contributed by atoms with Gasteiger partial charge in [-0.3, -0.25) is 9.59 Å². The van der Waals surface area contributed by atoms with Crippen LogP contribution < -0.4 is 10.2 Å². The van der Waals surface area contributed by atoms with Gasteiger partial charge in [0.25, 0.3) is 17.7 Å². The number of carbonyl (C=O) groups is 2. The molecular weight excluding hydrogens is 523 g/mol. The highest BCUT2D eigenvalue weighted by Crippen LogP contribution is 2.47. The van der Waals surface area contributed by atoms with Crippen LogP contribution in [0, 0.1) is 11.6 Å². The number of fused-ring (bicyclic) bond motifs is 1. The molecule has 1 heterocycles. The molecule has 3 aromatic carbocycles. The second-order valence-corrected chi connectivity index (χ2v) is 9.23. The highest BCUT2D eigenvalue weighted by Gasteiger charge is 2.53. The lowest BCUT2D eigenvalue weighted by molar-refractivity contribution is -0.177. The van der Waals surface area contributed by atoms with Crippen molar-refractivity contribution in [1.29, 1.82) is 0 Å². The monoisotopic (exact) mass is 540 g/mol. The molecule has 2 N–H and O–H groups in total. The Balaban J connectivity index is 1.66. The predicted molar refractivity (Wildman–Crippen MR) is 128 cm³/mol. The first-order valence-corrected chi connectivity index (χ1v) is 11.4. The molecule has 0 bridgehead atoms. The molecule has 188 valence electrons. The average Bonchev–Trinajstić information content (AvgIpc) is 2.87. The van der Waals surface area contributed by atoms with Crippen molar-refractivity contribution in [2.24, 2.45) is 0 Å². The average molecular weight is 541 g/mol. The molecule has 0 spiro atoms. The molecular formula is C25H18Cl2F4N2O3. The third-order valence-corrected chi connectivity index (χ3v) is 6.58. The van der Waals surface area contributed by atoms with Crippen molar-refractivity contribution in [3.05, 3.63) is 93.0 Å². The number of benzene rings is 3. The summed E-state index contributed by atoms with van der Waals surface area (Å²) in [5, 5.41) is 12.8. The van der Waals surface area contributed by atoms with Crippen LogP contribution in [0.15, 0.2) is 54.6 Å². The second kappa shape index (κ2) is 9.38. The quantitative estimate of drug-likeness (QED) is 0.377. The number of carbonyl (C=O) groups excluding carboxylic acids is 2. The van der Waals surface area contributed by atoms with Crippen LogP contribution in [0.5, 0.6) is 0 Å². The fraction of sp³-hybridized carbons (Fsp3) is 0.200. The summed E-state index contributed by atoms with van der Waals surface area (Å²) in [5.41, 5.74) is -3.91. The Bertz CT molecular complexity index is 1360. The molecule has 5 nitrogen and oxygen atoms in total. The van der Waals surface area contributed by atoms with E-state index in [4.69, 9.17) is 23.2 Å². The van der Waals surface area contributed by atoms with Crippen molar-refractivity contribution < 1.29 is 32.3 Å². The van der Waals surface area contributed by atoms with E-state index < -0.39 is 53.5 Å². The van der Waals surface area contributed by atoms with Crippen LogP contribution in [0.2, 0.25) is 10.0 Å². The molecule has 4 rings (SSSR count). The highest BCUT2D eigenvalue weighted by molar-refractivity contribution is 6.34. The Morgan fingerprint density at radius 1 is 1.03 bits per heavy atom. The molecule has 11 heteroatoms. The Morgan fingerprint density at radius 3 is 2.42 bits per heavy atom. The minimum absolute atomic E-state index is 0.00134. The van der Waals surface area contributed by atoms with E-state index in [0.29, 0.717) is 0 Å². The third kappa shape index (κ3) is 4.54. The molecule has 1 aliphatic heterocycles. The molecule has 0 radical (unpaired) electrons. The summed E-state index contributed by atoms with van der Waals surface area (Å²) in [5.74, 6) is -7.33. The van der Waals surface area contributed by atoms with Crippen molar-refractivity contribution in [3.8, 4) is 0 Å². The van der Waals surface area contributed by atoms with Gasteiger partial charge >= 0.3 is 0 Å². The van der Waals surface area contributed by atoms with E-state index in [-0.39, 0.29) is 32.5 Å². The summed E-state index contributed by atoms with van der Waals surface area (Å²) in [6, 6.07) is 10.6. The fourth-order valence-electron chi connectivity index (χ4n) is 3.96. The van der Waals surface area contributed by atoms with Gasteiger partial charge in [-0.2, -0.15) is 0 Å². The van der Waals surface area contributed by atoms with Crippen molar-refractivity contribution in [2.45, 2.75) is 24.9 Å². The number of aliphatic hydroxyl groups is 1. The van der Waals surface area contributed by atoms with Crippen LogP contribution in [0.1, 0.15) is 39.6 Å². The van der Waals surface area contributed by atoms with E-state index in [9.17, 15) is 32.3 Å². The summed E-state index contributed by atoms with van der Waals surface area (Å²) >= 11 is 11.8. The molecule has 2 amide bonds. The van der Waals surface area contributed by atoms with Gasteiger partial charge in [-0.15, -0.1) is 0 Å². The van der Waals surface area contributed by atoms with Gasteiger partial charge < -0.3 is 15.3 Å². The van der Waals surface area contributed by atoms with Crippen LogP contribution in [0.25, 0.3) is 0 Å². The molecule has 0 unspecified atom stereocenters. The van der Waals surface area contributed by atoms with Gasteiger partial charge in [-0.05, 0) is 55.5 Å². The highest BCUT2D eigenvalue weighted by atomic mass is 35.5. The standard InChI is InChI=1S/C25H18Cl2F4N2O3/c1-24(36)15-12-14(26)6-8-20(15)33(10-9-25(24,30)31)23(35)13-5-7-19(18(29)11-13)32-22(34)21-16(27)3-2-4-17(21)28/h2-8,11-12,36H,9-10H2,1H3,(H,32,34)/t24-/m1/s1. The molecule has 0 fully saturated rings. The lowest BCUT2D eigenvalue weighted by atomic mass is 9.87. The Labute approximate surface area is 213 Å². The first-order chi connectivity index (χ1) is 16.8. The zero-order valence-corrected chi connectivity index (χ0v) is 20.1. The number of halogens is 6. The maximum absolute atomic E-state index is 14.8. The molecule has 0 saturated heterocycles. The zero-order chi connectivity index (χ0) is 26.4. The Kier molecular flexibility index (Phi) is 6.76. The normalized spacial score (nSPS) is 18.8. The summed E-state index contributed by atoms with van der Waals surface area (Å²) in [7, 11) is 0. The van der Waals surface area contributed by atoms with Crippen LogP contribution in [0.4, 0.5) is 28.9 Å². The lowest BCUT2D eigenvalue weighted by Crippen LogP contribution is -2.42. The smallest absolute Gasteiger partial charge is 0.281 e. The SMILES string of the molecule is C[C@@]1(O)c2cc(Cl)ccc2N(C(=O)c2ccc(NC(=O)c3c(F)cccc3Cl)c(F)c2)CCC1(F)F. The van der Waals surface area contributed by atoms with E-state index in [1.165, 1.54) is 30.3 Å². The van der Waals surface area contributed by atoms with E-state index in [0.717, 1.165) is 36.1 Å². The van der Waals surface area contributed by atoms with E-state index in [2.05, 4.69) is 5.32 Å². The van der Waals surface area contributed by atoms with Gasteiger partial charge in [-0.1, -0.05) is 29.3 Å². The van der Waals surface area contributed by atoms with E-state index in [1.54, 1.807) is 0 Å². The number of nitrogens with zero attached hydrogens (tertiary/aromatic N) is 1. The first kappa shape index (κ1) is 25.9. The van der Waals surface area contributed by atoms with E-state index in [1.807, 2.05) is 0 Å².